The van der Waals surface area contributed by atoms with Crippen molar-refractivity contribution >= 4 is 24.2 Å². The lowest BCUT2D eigenvalue weighted by Crippen LogP contribution is -2.53. The Bertz CT molecular complexity index is 482. The number of carboxylic acids is 1. The van der Waals surface area contributed by atoms with Crippen molar-refractivity contribution in [3.8, 4) is 0 Å². The number of nitrogens with zero attached hydrogens (tertiary/aromatic N) is 2. The molecule has 0 aromatic carbocycles. The van der Waals surface area contributed by atoms with Gasteiger partial charge in [-0.3, -0.25) is 0 Å². The van der Waals surface area contributed by atoms with Crippen LogP contribution in [0.1, 0.15) is 41.5 Å². The van der Waals surface area contributed by atoms with Gasteiger partial charge < -0.3 is 14.6 Å². The number of amides is 2. The summed E-state index contributed by atoms with van der Waals surface area (Å²) in [6.07, 6.45) is -1.25. The van der Waals surface area contributed by atoms with Gasteiger partial charge in [-0.05, 0) is 41.5 Å². The van der Waals surface area contributed by atoms with E-state index in [9.17, 15) is 24.3 Å². The van der Waals surface area contributed by atoms with E-state index < -0.39 is 41.9 Å². The van der Waals surface area contributed by atoms with Gasteiger partial charge in [-0.1, -0.05) is 0 Å². The fourth-order valence-electron chi connectivity index (χ4n) is 1.35. The van der Waals surface area contributed by atoms with Crippen molar-refractivity contribution in [2.24, 2.45) is 4.99 Å². The molecule has 0 aromatic rings. The molecule has 0 saturated heterocycles. The molecule has 23 heavy (non-hydrogen) atoms. The molecule has 0 fully saturated rings. The number of imide groups is 1. The molecule has 130 valence electrons. The zero-order chi connectivity index (χ0) is 18.4. The van der Waals surface area contributed by atoms with Gasteiger partial charge in [-0.25, -0.2) is 24.2 Å². The van der Waals surface area contributed by atoms with Crippen LogP contribution in [0.3, 0.4) is 0 Å². The first kappa shape index (κ1) is 20.6. The minimum absolute atomic E-state index is 0.291. The van der Waals surface area contributed by atoms with E-state index in [2.05, 4.69) is 4.99 Å². The Balaban J connectivity index is 5.66. The predicted octanol–water partition coefficient (Wildman–Crippen LogP) is 1.95. The van der Waals surface area contributed by atoms with Crippen molar-refractivity contribution in [2.75, 3.05) is 6.54 Å². The number of carbonyl (C=O) groups is 3. The number of hydrogen-bond donors (Lipinski definition) is 1. The Morgan fingerprint density at radius 3 is 1.70 bits per heavy atom. The van der Waals surface area contributed by atoms with E-state index in [1.54, 1.807) is 41.5 Å². The second-order valence-electron chi connectivity index (χ2n) is 6.62. The monoisotopic (exact) mass is 330 g/mol. The molecule has 1 unspecified atom stereocenters. The van der Waals surface area contributed by atoms with Gasteiger partial charge in [0, 0.05) is 0 Å². The maximum atomic E-state index is 12.2. The number of isocyanates is 1. The van der Waals surface area contributed by atoms with E-state index in [0.29, 0.717) is 4.90 Å². The number of aliphatic carboxylic acids is 1. The molecule has 2 amide bonds. The average molecular weight is 330 g/mol. The summed E-state index contributed by atoms with van der Waals surface area (Å²) in [6, 6.07) is -1.75. The van der Waals surface area contributed by atoms with Crippen molar-refractivity contribution in [3.63, 3.8) is 0 Å². The summed E-state index contributed by atoms with van der Waals surface area (Å²) in [7, 11) is 0. The number of rotatable bonds is 4. The summed E-state index contributed by atoms with van der Waals surface area (Å²) >= 11 is 0. The minimum atomic E-state index is -1.75. The molecule has 9 heteroatoms. The molecule has 9 nitrogen and oxygen atoms in total. The fourth-order valence-corrected chi connectivity index (χ4v) is 1.35. The van der Waals surface area contributed by atoms with Gasteiger partial charge in [0.25, 0.3) is 0 Å². The summed E-state index contributed by atoms with van der Waals surface area (Å²) in [5.74, 6) is -1.54. The molecule has 0 heterocycles. The van der Waals surface area contributed by atoms with E-state index in [1.165, 1.54) is 0 Å². The summed E-state index contributed by atoms with van der Waals surface area (Å²) in [6.45, 7) is 8.66. The third-order valence-electron chi connectivity index (χ3n) is 2.11. The SMILES string of the molecule is CC(C)(C)OC(=O)N(C(=O)OC(C)(C)C)C(CN=C=O)C(=O)O. The van der Waals surface area contributed by atoms with Crippen LogP contribution in [0.15, 0.2) is 4.99 Å². The molecule has 0 aliphatic rings. The molecule has 0 aliphatic carbocycles. The number of carboxylic acid groups (broad SMARTS) is 1. The average Bonchev–Trinajstić information content (AvgIpc) is 2.28. The van der Waals surface area contributed by atoms with E-state index in [1.807, 2.05) is 0 Å². The van der Waals surface area contributed by atoms with E-state index in [-0.39, 0.29) is 0 Å². The van der Waals surface area contributed by atoms with Crippen LogP contribution in [0.25, 0.3) is 0 Å². The van der Waals surface area contributed by atoms with Crippen molar-refractivity contribution in [1.29, 1.82) is 0 Å². The zero-order valence-corrected chi connectivity index (χ0v) is 14.1. The van der Waals surface area contributed by atoms with Gasteiger partial charge in [0.2, 0.25) is 6.08 Å². The number of aliphatic imine (C=N–C) groups is 1. The summed E-state index contributed by atoms with van der Waals surface area (Å²) < 4.78 is 10.1. The smallest absolute Gasteiger partial charge is 0.420 e. The topological polar surface area (TPSA) is 123 Å². The molecular formula is C14H22N2O7. The van der Waals surface area contributed by atoms with Gasteiger partial charge in [0.15, 0.2) is 6.04 Å². The first-order chi connectivity index (χ1) is 10.3. The first-order valence-corrected chi connectivity index (χ1v) is 6.80. The molecular weight excluding hydrogens is 308 g/mol. The molecule has 0 rings (SSSR count). The minimum Gasteiger partial charge on any atom is -0.480 e. The maximum Gasteiger partial charge on any atom is 0.420 e. The van der Waals surface area contributed by atoms with Crippen LogP contribution < -0.4 is 0 Å². The van der Waals surface area contributed by atoms with E-state index in [0.717, 1.165) is 6.08 Å². The van der Waals surface area contributed by atoms with Crippen molar-refractivity contribution < 1.29 is 33.8 Å². The second kappa shape index (κ2) is 7.73. The zero-order valence-electron chi connectivity index (χ0n) is 14.1. The van der Waals surface area contributed by atoms with Crippen molar-refractivity contribution in [2.45, 2.75) is 58.8 Å². The van der Waals surface area contributed by atoms with Gasteiger partial charge in [-0.2, -0.15) is 4.90 Å². The highest BCUT2D eigenvalue weighted by molar-refractivity contribution is 5.93. The lowest BCUT2D eigenvalue weighted by atomic mass is 10.2. The molecule has 1 N–H and O–H groups in total. The highest BCUT2D eigenvalue weighted by Crippen LogP contribution is 2.17. The Kier molecular flexibility index (Phi) is 6.92. The quantitative estimate of drug-likeness (QED) is 0.617. The van der Waals surface area contributed by atoms with Crippen LogP contribution in [0.2, 0.25) is 0 Å². The maximum absolute atomic E-state index is 12.2. The largest absolute Gasteiger partial charge is 0.480 e. The molecule has 0 aromatic heterocycles. The Labute approximate surface area is 134 Å². The molecule has 0 spiro atoms. The highest BCUT2D eigenvalue weighted by Gasteiger charge is 2.40. The third-order valence-corrected chi connectivity index (χ3v) is 2.11. The van der Waals surface area contributed by atoms with Crippen molar-refractivity contribution in [3.05, 3.63) is 0 Å². The number of ether oxygens (including phenoxy) is 2. The molecule has 1 atom stereocenters. The Morgan fingerprint density at radius 2 is 1.43 bits per heavy atom. The molecule has 0 saturated carbocycles. The number of carbonyl (C=O) groups excluding carboxylic acids is 3. The summed E-state index contributed by atoms with van der Waals surface area (Å²) in [5, 5.41) is 9.22. The number of hydrogen-bond acceptors (Lipinski definition) is 7. The highest BCUT2D eigenvalue weighted by atomic mass is 16.6. The first-order valence-electron chi connectivity index (χ1n) is 6.80. The Morgan fingerprint density at radius 1 is 1.04 bits per heavy atom. The van der Waals surface area contributed by atoms with Crippen LogP contribution in [-0.2, 0) is 19.1 Å². The van der Waals surface area contributed by atoms with Gasteiger partial charge >= 0.3 is 18.2 Å². The Hall–Kier alpha value is -2.41. The van der Waals surface area contributed by atoms with Crippen molar-refractivity contribution in [1.82, 2.24) is 4.90 Å². The molecule has 0 aliphatic heterocycles. The van der Waals surface area contributed by atoms with Crippen LogP contribution in [0, 0.1) is 0 Å². The summed E-state index contributed by atoms with van der Waals surface area (Å²) in [4.78, 5) is 49.4. The fraction of sp³-hybridized carbons (Fsp3) is 0.714. The standard InChI is InChI=1S/C14H22N2O7/c1-13(2,3)22-11(20)16(12(21)23-14(4,5)6)9(10(18)19)7-15-8-17/h9H,7H2,1-6H3,(H,18,19). The second-order valence-corrected chi connectivity index (χ2v) is 6.62. The van der Waals surface area contributed by atoms with Gasteiger partial charge in [0.05, 0.1) is 6.54 Å². The van der Waals surface area contributed by atoms with Gasteiger partial charge in [0.1, 0.15) is 11.2 Å². The van der Waals surface area contributed by atoms with E-state index in [4.69, 9.17) is 9.47 Å². The lowest BCUT2D eigenvalue weighted by Gasteiger charge is -2.30. The lowest BCUT2D eigenvalue weighted by molar-refractivity contribution is -0.142. The summed E-state index contributed by atoms with van der Waals surface area (Å²) in [5.41, 5.74) is -1.93. The molecule has 0 bridgehead atoms. The van der Waals surface area contributed by atoms with Crippen LogP contribution >= 0.6 is 0 Å². The third kappa shape index (κ3) is 7.96. The molecule has 0 radical (unpaired) electrons. The van der Waals surface area contributed by atoms with Crippen LogP contribution in [-0.4, -0.2) is 58.0 Å². The van der Waals surface area contributed by atoms with Crippen LogP contribution in [0.4, 0.5) is 9.59 Å². The van der Waals surface area contributed by atoms with E-state index >= 15 is 0 Å². The van der Waals surface area contributed by atoms with Crippen LogP contribution in [0.5, 0.6) is 0 Å². The predicted molar refractivity (Wildman–Crippen MR) is 78.7 cm³/mol. The van der Waals surface area contributed by atoms with Gasteiger partial charge in [-0.15, -0.1) is 0 Å². The normalized spacial score (nSPS) is 12.6.